The lowest BCUT2D eigenvalue weighted by Gasteiger charge is -2.22. The molecule has 5 aromatic rings. The first kappa shape index (κ1) is 25.5. The maximum atomic E-state index is 9.63. The Labute approximate surface area is 233 Å². The van der Waals surface area contributed by atoms with Crippen molar-refractivity contribution in [1.82, 2.24) is 24.8 Å². The standard InChI is InChI=1S/C32H31N5OS/c1-32(2)27-18-22(21-38)12-13-26(27)29-30(32)36-31(39-29)28-11-7-10-25(35-28)20-37(19-24-9-4-6-16-34-24)17-14-23-8-3-5-15-33-23/h3-13,15-16,18,38H,14,17,19-21H2,1-2H3. The fourth-order valence-electron chi connectivity index (χ4n) is 5.24. The molecular formula is C32H31N5OS. The maximum Gasteiger partial charge on any atom is 0.142 e. The Bertz CT molecular complexity index is 1580. The number of aliphatic hydroxyl groups excluding tert-OH is 1. The van der Waals surface area contributed by atoms with Crippen LogP contribution >= 0.6 is 11.3 Å². The van der Waals surface area contributed by atoms with Gasteiger partial charge in [-0.1, -0.05) is 50.2 Å². The number of benzene rings is 1. The van der Waals surface area contributed by atoms with Gasteiger partial charge in [0.1, 0.15) is 5.01 Å². The average molecular weight is 534 g/mol. The van der Waals surface area contributed by atoms with E-state index in [1.807, 2.05) is 42.7 Å². The maximum absolute atomic E-state index is 9.63. The summed E-state index contributed by atoms with van der Waals surface area (Å²) in [4.78, 5) is 22.8. The molecule has 7 heteroatoms. The molecule has 1 N–H and O–H groups in total. The third-order valence-corrected chi connectivity index (χ3v) is 8.45. The molecule has 0 bridgehead atoms. The van der Waals surface area contributed by atoms with Crippen LogP contribution in [0.2, 0.25) is 0 Å². The minimum Gasteiger partial charge on any atom is -0.392 e. The molecule has 0 saturated carbocycles. The van der Waals surface area contributed by atoms with Gasteiger partial charge in [0, 0.05) is 49.6 Å². The van der Waals surface area contributed by atoms with Gasteiger partial charge in [0.2, 0.25) is 0 Å². The van der Waals surface area contributed by atoms with Gasteiger partial charge < -0.3 is 5.11 Å². The van der Waals surface area contributed by atoms with Crippen LogP contribution in [0.1, 0.15) is 47.8 Å². The number of thiazole rings is 1. The molecule has 0 spiro atoms. The quantitative estimate of drug-likeness (QED) is 0.249. The second kappa shape index (κ2) is 10.8. The zero-order valence-corrected chi connectivity index (χ0v) is 23.0. The summed E-state index contributed by atoms with van der Waals surface area (Å²) in [5, 5.41) is 10.6. The van der Waals surface area contributed by atoms with Crippen LogP contribution in [0.4, 0.5) is 0 Å². The lowest BCUT2D eigenvalue weighted by molar-refractivity contribution is 0.253. The van der Waals surface area contributed by atoms with E-state index in [2.05, 4.69) is 71.2 Å². The van der Waals surface area contributed by atoms with Crippen molar-refractivity contribution in [3.63, 3.8) is 0 Å². The van der Waals surface area contributed by atoms with Crippen molar-refractivity contribution >= 4 is 11.3 Å². The van der Waals surface area contributed by atoms with Crippen molar-refractivity contribution in [2.24, 2.45) is 0 Å². The van der Waals surface area contributed by atoms with Crippen molar-refractivity contribution in [1.29, 1.82) is 0 Å². The van der Waals surface area contributed by atoms with Gasteiger partial charge in [-0.3, -0.25) is 14.9 Å². The first-order chi connectivity index (χ1) is 19.0. The van der Waals surface area contributed by atoms with Gasteiger partial charge in [0.15, 0.2) is 0 Å². The Kier molecular flexibility index (Phi) is 7.04. The Morgan fingerprint density at radius 3 is 2.31 bits per heavy atom. The Morgan fingerprint density at radius 2 is 1.56 bits per heavy atom. The third-order valence-electron chi connectivity index (χ3n) is 7.34. The highest BCUT2D eigenvalue weighted by molar-refractivity contribution is 7.18. The van der Waals surface area contributed by atoms with Gasteiger partial charge in [0.05, 0.1) is 34.3 Å². The molecule has 1 aromatic carbocycles. The van der Waals surface area contributed by atoms with Gasteiger partial charge in [0.25, 0.3) is 0 Å². The van der Waals surface area contributed by atoms with Crippen LogP contribution in [0.15, 0.2) is 85.2 Å². The lowest BCUT2D eigenvalue weighted by Crippen LogP contribution is -2.26. The van der Waals surface area contributed by atoms with E-state index in [9.17, 15) is 5.11 Å². The molecular weight excluding hydrogens is 502 g/mol. The molecule has 196 valence electrons. The largest absolute Gasteiger partial charge is 0.392 e. The molecule has 0 aliphatic heterocycles. The first-order valence-corrected chi connectivity index (χ1v) is 14.1. The van der Waals surface area contributed by atoms with Crippen LogP contribution in [-0.4, -0.2) is 36.5 Å². The number of aromatic nitrogens is 4. The molecule has 1 aliphatic rings. The topological polar surface area (TPSA) is 75.0 Å². The summed E-state index contributed by atoms with van der Waals surface area (Å²) < 4.78 is 0. The van der Waals surface area contributed by atoms with Gasteiger partial charge in [-0.05, 0) is 53.1 Å². The molecule has 0 radical (unpaired) electrons. The summed E-state index contributed by atoms with van der Waals surface area (Å²) in [7, 11) is 0. The predicted molar refractivity (Wildman–Crippen MR) is 155 cm³/mol. The average Bonchev–Trinajstić information content (AvgIpc) is 3.51. The summed E-state index contributed by atoms with van der Waals surface area (Å²) in [6.45, 7) is 6.77. The van der Waals surface area contributed by atoms with Gasteiger partial charge in [-0.25, -0.2) is 9.97 Å². The van der Waals surface area contributed by atoms with E-state index in [-0.39, 0.29) is 12.0 Å². The molecule has 0 amide bonds. The second-order valence-corrected chi connectivity index (χ2v) is 11.5. The summed E-state index contributed by atoms with van der Waals surface area (Å²) in [5.41, 5.74) is 8.28. The highest BCUT2D eigenvalue weighted by Crippen LogP contribution is 2.52. The molecule has 39 heavy (non-hydrogen) atoms. The van der Waals surface area contributed by atoms with Crippen LogP contribution in [0.3, 0.4) is 0 Å². The van der Waals surface area contributed by atoms with Crippen molar-refractivity contribution in [2.45, 2.75) is 45.4 Å². The predicted octanol–water partition coefficient (Wildman–Crippen LogP) is 6.04. The second-order valence-electron chi connectivity index (χ2n) is 10.5. The monoisotopic (exact) mass is 533 g/mol. The van der Waals surface area contributed by atoms with Crippen LogP contribution in [0, 0.1) is 0 Å². The fourth-order valence-corrected chi connectivity index (χ4v) is 6.47. The van der Waals surface area contributed by atoms with E-state index < -0.39 is 0 Å². The van der Waals surface area contributed by atoms with Crippen molar-refractivity contribution in [3.05, 3.63) is 119 Å². The minimum atomic E-state index is -0.215. The Balaban J connectivity index is 1.26. The molecule has 6 rings (SSSR count). The highest BCUT2D eigenvalue weighted by atomic mass is 32.1. The zero-order valence-electron chi connectivity index (χ0n) is 22.2. The van der Waals surface area contributed by atoms with Gasteiger partial charge >= 0.3 is 0 Å². The van der Waals surface area contributed by atoms with Crippen LogP contribution in [-0.2, 0) is 31.5 Å². The first-order valence-electron chi connectivity index (χ1n) is 13.3. The fraction of sp³-hybridized carbons (Fsp3) is 0.250. The van der Waals surface area contributed by atoms with E-state index in [0.717, 1.165) is 58.6 Å². The Hall–Kier alpha value is -3.78. The van der Waals surface area contributed by atoms with Crippen molar-refractivity contribution in [2.75, 3.05) is 6.54 Å². The van der Waals surface area contributed by atoms with Crippen LogP contribution in [0.25, 0.3) is 21.1 Å². The highest BCUT2D eigenvalue weighted by Gasteiger charge is 2.39. The summed E-state index contributed by atoms with van der Waals surface area (Å²) >= 11 is 1.70. The summed E-state index contributed by atoms with van der Waals surface area (Å²) in [6, 6.07) is 24.6. The molecule has 1 aliphatic carbocycles. The third kappa shape index (κ3) is 5.26. The van der Waals surface area contributed by atoms with E-state index in [1.54, 1.807) is 11.3 Å². The molecule has 0 unspecified atom stereocenters. The number of fused-ring (bicyclic) bond motifs is 3. The molecule has 0 saturated heterocycles. The van der Waals surface area contributed by atoms with E-state index in [1.165, 1.54) is 16.0 Å². The number of pyridine rings is 3. The molecule has 0 fully saturated rings. The van der Waals surface area contributed by atoms with Gasteiger partial charge in [-0.2, -0.15) is 0 Å². The van der Waals surface area contributed by atoms with Crippen molar-refractivity contribution in [3.8, 4) is 21.1 Å². The Morgan fingerprint density at radius 1 is 0.821 bits per heavy atom. The normalized spacial score (nSPS) is 13.4. The summed E-state index contributed by atoms with van der Waals surface area (Å²) in [6.07, 6.45) is 4.55. The zero-order chi connectivity index (χ0) is 26.8. The van der Waals surface area contributed by atoms with E-state index >= 15 is 0 Å². The summed E-state index contributed by atoms with van der Waals surface area (Å²) in [5.74, 6) is 0. The van der Waals surface area contributed by atoms with Gasteiger partial charge in [-0.15, -0.1) is 11.3 Å². The number of rotatable bonds is 9. The minimum absolute atomic E-state index is 0.0472. The number of hydrogen-bond donors (Lipinski definition) is 1. The van der Waals surface area contributed by atoms with E-state index in [0.29, 0.717) is 6.54 Å². The molecule has 6 nitrogen and oxygen atoms in total. The molecule has 4 aromatic heterocycles. The number of nitrogens with zero attached hydrogens (tertiary/aromatic N) is 5. The molecule has 4 heterocycles. The lowest BCUT2D eigenvalue weighted by atomic mass is 9.85. The van der Waals surface area contributed by atoms with Crippen LogP contribution < -0.4 is 0 Å². The molecule has 0 atom stereocenters. The SMILES string of the molecule is CC1(C)c2cc(CO)ccc2-c2sc(-c3cccc(CN(CCc4ccccn4)Cc4ccccn4)n3)nc21. The smallest absolute Gasteiger partial charge is 0.142 e. The van der Waals surface area contributed by atoms with Crippen molar-refractivity contribution < 1.29 is 5.11 Å². The van der Waals surface area contributed by atoms with Crippen LogP contribution in [0.5, 0.6) is 0 Å². The number of aliphatic hydroxyl groups is 1. The van der Waals surface area contributed by atoms with E-state index in [4.69, 9.17) is 9.97 Å². The number of hydrogen-bond acceptors (Lipinski definition) is 7.